The molecule has 1 aromatic heterocycles. The Balaban J connectivity index is 0.000000270. The number of ketones is 1. The van der Waals surface area contributed by atoms with Crippen molar-refractivity contribution in [1.29, 1.82) is 0 Å². The third-order valence-corrected chi connectivity index (χ3v) is 10.5. The molecule has 0 atom stereocenters. The second-order valence-electron chi connectivity index (χ2n) is 14.3. The van der Waals surface area contributed by atoms with Crippen LogP contribution in [0.5, 0.6) is 0 Å². The molecule has 70 heavy (non-hydrogen) atoms. The van der Waals surface area contributed by atoms with Crippen LogP contribution < -0.4 is 26.4 Å². The first-order valence-corrected chi connectivity index (χ1v) is 18.7. The standard InChI is InChI=1S/C24BF20.C19H16N5O/c26-5-1(6(27)14(35)21(42)13(5)34)25(2-7(28)15(36)22(43)16(37)8(2)29,3-9(30)17(38)23(44)18(39)10(3)31)4-11(32)19(40)24(45)20(41)12(4)33;20-23-22-17-8-4-5-15(11-17)12-18-13-21-9-10-24(18)14-19(25)16-6-2-1-3-7-16/h;1-11,13H,12,14H2/q-1;+1. The topological polar surface area (TPSA) is 82.6 Å². The number of carbonyl (C=O) groups is 1. The van der Waals surface area contributed by atoms with E-state index in [4.69, 9.17) is 5.53 Å². The van der Waals surface area contributed by atoms with Crippen molar-refractivity contribution < 1.29 is 97.2 Å². The Labute approximate surface area is 376 Å². The van der Waals surface area contributed by atoms with Crippen molar-refractivity contribution >= 4 is 39.5 Å². The summed E-state index contributed by atoms with van der Waals surface area (Å²) in [6.07, 6.45) is -1.42. The average molecular weight is 1010 g/mol. The number of carbonyl (C=O) groups excluding carboxylic acids is 1. The summed E-state index contributed by atoms with van der Waals surface area (Å²) in [5.74, 6) is -71.4. The van der Waals surface area contributed by atoms with E-state index in [9.17, 15) is 57.5 Å². The van der Waals surface area contributed by atoms with Crippen LogP contribution >= 0.6 is 0 Å². The fourth-order valence-corrected chi connectivity index (χ4v) is 7.45. The SMILES string of the molecule is Fc1c(F)c(F)c([B-](c2c(F)c(F)c(F)c(F)c2F)(c2c(F)c(F)c(F)c(F)c2F)c2c(F)c(F)c(F)c(F)c2F)c(F)c1F.[N-]=[N+]=Nc1cccc(Cc2cncc[n+]2CC(=O)c2ccccc2)c1. The highest BCUT2D eigenvalue weighted by Gasteiger charge is 2.52. The van der Waals surface area contributed by atoms with E-state index in [0.717, 1.165) is 11.3 Å². The average Bonchev–Trinajstić information content (AvgIpc) is 3.35. The fourth-order valence-electron chi connectivity index (χ4n) is 7.45. The van der Waals surface area contributed by atoms with Gasteiger partial charge in [0, 0.05) is 16.2 Å². The van der Waals surface area contributed by atoms with Gasteiger partial charge in [-0.2, -0.15) is 4.57 Å². The van der Waals surface area contributed by atoms with Gasteiger partial charge in [-0.1, -0.05) is 53.6 Å². The number of halogens is 20. The Hall–Kier alpha value is -7.96. The van der Waals surface area contributed by atoms with Gasteiger partial charge in [-0.15, -0.1) is 21.9 Å². The molecule has 0 bridgehead atoms. The molecule has 0 saturated carbocycles. The van der Waals surface area contributed by atoms with E-state index in [1.165, 1.54) is 0 Å². The Bertz CT molecular complexity index is 2940. The lowest BCUT2D eigenvalue weighted by Gasteiger charge is -2.44. The van der Waals surface area contributed by atoms with E-state index in [-0.39, 0.29) is 12.3 Å². The first-order valence-electron chi connectivity index (χ1n) is 18.7. The molecule has 0 saturated heterocycles. The monoisotopic (exact) mass is 1010 g/mol. The summed E-state index contributed by atoms with van der Waals surface area (Å²) in [6.45, 7) is 0.248. The molecule has 0 spiro atoms. The quantitative estimate of drug-likeness (QED) is 0.0158. The molecule has 7 aromatic rings. The summed E-state index contributed by atoms with van der Waals surface area (Å²) in [6, 6.07) is 16.6. The normalized spacial score (nSPS) is 11.3. The number of Topliss-reactive ketones (excluding diaryl/α,β-unsaturated/α-hetero) is 1. The zero-order valence-electron chi connectivity index (χ0n) is 33.6. The van der Waals surface area contributed by atoms with Crippen molar-refractivity contribution in [3.63, 3.8) is 0 Å². The highest BCUT2D eigenvalue weighted by molar-refractivity contribution is 7.20. The molecule has 362 valence electrons. The van der Waals surface area contributed by atoms with E-state index in [1.54, 1.807) is 24.7 Å². The van der Waals surface area contributed by atoms with Crippen LogP contribution in [0.3, 0.4) is 0 Å². The molecule has 6 aromatic carbocycles. The van der Waals surface area contributed by atoms with Crippen LogP contribution in [-0.2, 0) is 13.0 Å². The Morgan fingerprint density at radius 2 is 0.857 bits per heavy atom. The second kappa shape index (κ2) is 19.9. The lowest BCUT2D eigenvalue weighted by molar-refractivity contribution is -0.690. The lowest BCUT2D eigenvalue weighted by atomic mass is 9.12. The molecule has 0 amide bonds. The summed E-state index contributed by atoms with van der Waals surface area (Å²) in [5.41, 5.74) is -2.63. The van der Waals surface area contributed by atoms with Crippen molar-refractivity contribution in [2.75, 3.05) is 0 Å². The molecule has 0 aliphatic carbocycles. The van der Waals surface area contributed by atoms with E-state index >= 15 is 35.1 Å². The molecular weight excluding hydrogens is 993 g/mol. The number of nitrogens with zero attached hydrogens (tertiary/aromatic N) is 5. The number of aromatic nitrogens is 2. The summed E-state index contributed by atoms with van der Waals surface area (Å²) in [4.78, 5) is 19.4. The molecular formula is C43H16BF20N5O. The van der Waals surface area contributed by atoms with E-state index in [2.05, 4.69) is 15.0 Å². The lowest BCUT2D eigenvalue weighted by Crippen LogP contribution is -2.81. The Morgan fingerprint density at radius 1 is 0.500 bits per heavy atom. The van der Waals surface area contributed by atoms with E-state index < -0.39 is 144 Å². The number of rotatable bonds is 10. The van der Waals surface area contributed by atoms with Crippen molar-refractivity contribution in [3.05, 3.63) is 217 Å². The molecule has 0 aliphatic heterocycles. The third kappa shape index (κ3) is 8.60. The van der Waals surface area contributed by atoms with Crippen molar-refractivity contribution in [3.8, 4) is 0 Å². The van der Waals surface area contributed by atoms with Crippen LogP contribution in [0, 0.1) is 116 Å². The predicted molar refractivity (Wildman–Crippen MR) is 202 cm³/mol. The molecule has 6 nitrogen and oxygen atoms in total. The van der Waals surface area contributed by atoms with Gasteiger partial charge >= 0.3 is 0 Å². The predicted octanol–water partition coefficient (Wildman–Crippen LogP) is 9.63. The van der Waals surface area contributed by atoms with Gasteiger partial charge in [-0.25, -0.2) is 87.8 Å². The van der Waals surface area contributed by atoms with Crippen LogP contribution in [0.1, 0.15) is 21.6 Å². The van der Waals surface area contributed by atoms with Crippen LogP contribution in [0.2, 0.25) is 0 Å². The maximum atomic E-state index is 15.4. The number of benzene rings is 6. The molecule has 0 fully saturated rings. The first-order chi connectivity index (χ1) is 33.0. The summed E-state index contributed by atoms with van der Waals surface area (Å²) >= 11 is 0. The minimum absolute atomic E-state index is 0.0425. The number of hydrogen-bond donors (Lipinski definition) is 0. The Morgan fingerprint density at radius 3 is 1.21 bits per heavy atom. The third-order valence-electron chi connectivity index (χ3n) is 10.5. The zero-order valence-corrected chi connectivity index (χ0v) is 33.6. The van der Waals surface area contributed by atoms with Gasteiger partial charge < -0.3 is 0 Å². The smallest absolute Gasteiger partial charge is 0.227 e. The van der Waals surface area contributed by atoms with Gasteiger partial charge in [-0.3, -0.25) is 9.78 Å². The molecule has 1 heterocycles. The van der Waals surface area contributed by atoms with Gasteiger partial charge in [0.05, 0.1) is 18.8 Å². The summed E-state index contributed by atoms with van der Waals surface area (Å²) in [7, 11) is 0. The van der Waals surface area contributed by atoms with Gasteiger partial charge in [0.2, 0.25) is 18.0 Å². The number of hydrogen-bond acceptors (Lipinski definition) is 3. The second-order valence-corrected chi connectivity index (χ2v) is 14.3. The van der Waals surface area contributed by atoms with Crippen molar-refractivity contribution in [1.82, 2.24) is 4.98 Å². The van der Waals surface area contributed by atoms with Gasteiger partial charge in [-0.05, 0) is 17.2 Å². The molecule has 0 N–H and O–H groups in total. The van der Waals surface area contributed by atoms with Crippen LogP contribution in [0.25, 0.3) is 10.4 Å². The Kier molecular flexibility index (Phi) is 14.7. The van der Waals surface area contributed by atoms with Gasteiger partial charge in [0.15, 0.2) is 76.0 Å². The largest absolute Gasteiger partial charge is 0.287 e. The zero-order chi connectivity index (χ0) is 51.8. The molecule has 0 aliphatic rings. The highest BCUT2D eigenvalue weighted by Crippen LogP contribution is 2.31. The molecule has 0 unspecified atom stereocenters. The van der Waals surface area contributed by atoms with Gasteiger partial charge in [0.1, 0.15) is 52.7 Å². The first kappa shape index (κ1) is 51.4. The molecule has 0 radical (unpaired) electrons. The van der Waals surface area contributed by atoms with Crippen LogP contribution in [0.4, 0.5) is 93.5 Å². The number of azide groups is 1. The van der Waals surface area contributed by atoms with Crippen molar-refractivity contribution in [2.24, 2.45) is 5.11 Å². The van der Waals surface area contributed by atoms with Gasteiger partial charge in [0.25, 0.3) is 0 Å². The molecule has 7 rings (SSSR count). The minimum atomic E-state index is -7.22. The molecule has 27 heteroatoms. The maximum Gasteiger partial charge on any atom is 0.227 e. The summed E-state index contributed by atoms with van der Waals surface area (Å²) < 4.78 is 296. The fraction of sp³-hybridized carbons (Fsp3) is 0.0465. The summed E-state index contributed by atoms with van der Waals surface area (Å²) in [5, 5.41) is 3.62. The maximum absolute atomic E-state index is 15.4. The van der Waals surface area contributed by atoms with Crippen LogP contribution in [-0.4, -0.2) is 16.9 Å². The highest BCUT2D eigenvalue weighted by atomic mass is 19.2. The van der Waals surface area contributed by atoms with Crippen molar-refractivity contribution in [2.45, 2.75) is 13.0 Å². The van der Waals surface area contributed by atoms with E-state index in [1.807, 2.05) is 53.1 Å². The van der Waals surface area contributed by atoms with E-state index in [0.29, 0.717) is 17.7 Å². The van der Waals surface area contributed by atoms with Crippen LogP contribution in [0.15, 0.2) is 78.3 Å². The minimum Gasteiger partial charge on any atom is -0.287 e.